The van der Waals surface area contributed by atoms with Crippen molar-refractivity contribution in [3.8, 4) is 5.75 Å². The minimum atomic E-state index is -0.470. The number of hydrogen-bond acceptors (Lipinski definition) is 7. The lowest BCUT2D eigenvalue weighted by atomic mass is 10.3. The van der Waals surface area contributed by atoms with E-state index in [9.17, 15) is 10.1 Å². The zero-order valence-electron chi connectivity index (χ0n) is 9.50. The first-order valence-electron chi connectivity index (χ1n) is 5.08. The number of benzene rings is 1. The molecule has 1 aromatic carbocycles. The van der Waals surface area contributed by atoms with Crippen molar-refractivity contribution in [2.75, 3.05) is 5.43 Å². The number of nitrogens with one attached hydrogen (secondary N) is 1. The van der Waals surface area contributed by atoms with Gasteiger partial charge in [0.1, 0.15) is 12.4 Å². The van der Waals surface area contributed by atoms with Gasteiger partial charge in [0, 0.05) is 12.3 Å². The van der Waals surface area contributed by atoms with Crippen molar-refractivity contribution < 1.29 is 9.66 Å². The standard InChI is InChI=1S/C10H9BrN4O3S/c11-8-2-1-6(15(16)17)3-9(8)18-5-7-4-13-10(14-12)19-7/h1-4H,5,12H2,(H,13,14). The number of nitrogen functional groups attached to an aromatic ring is 1. The van der Waals surface area contributed by atoms with E-state index in [0.717, 1.165) is 4.88 Å². The second-order valence-electron chi connectivity index (χ2n) is 3.44. The molecule has 1 aromatic heterocycles. The van der Waals surface area contributed by atoms with Crippen molar-refractivity contribution in [3.05, 3.63) is 43.9 Å². The van der Waals surface area contributed by atoms with Crippen LogP contribution in [0.25, 0.3) is 0 Å². The van der Waals surface area contributed by atoms with E-state index in [4.69, 9.17) is 10.6 Å². The largest absolute Gasteiger partial charge is 0.487 e. The Morgan fingerprint density at radius 3 is 3.00 bits per heavy atom. The van der Waals surface area contributed by atoms with Crippen LogP contribution in [0.1, 0.15) is 4.88 Å². The number of rotatable bonds is 5. The minimum absolute atomic E-state index is 0.0215. The monoisotopic (exact) mass is 344 g/mol. The summed E-state index contributed by atoms with van der Waals surface area (Å²) in [6, 6.07) is 4.35. The molecule has 9 heteroatoms. The first kappa shape index (κ1) is 13.7. The maximum Gasteiger partial charge on any atom is 0.273 e. The molecule has 0 aliphatic heterocycles. The maximum atomic E-state index is 10.7. The Bertz CT molecular complexity index is 604. The molecule has 2 aromatic rings. The summed E-state index contributed by atoms with van der Waals surface area (Å²) in [6.07, 6.45) is 1.63. The molecule has 0 atom stereocenters. The number of hydrazine groups is 1. The number of non-ortho nitro benzene ring substituents is 1. The van der Waals surface area contributed by atoms with Gasteiger partial charge in [0.05, 0.1) is 20.3 Å². The van der Waals surface area contributed by atoms with Gasteiger partial charge in [-0.15, -0.1) is 0 Å². The Hall–Kier alpha value is -1.71. The molecule has 0 saturated carbocycles. The molecular weight excluding hydrogens is 336 g/mol. The van der Waals surface area contributed by atoms with E-state index in [-0.39, 0.29) is 12.3 Å². The average molecular weight is 345 g/mol. The van der Waals surface area contributed by atoms with Gasteiger partial charge in [0.15, 0.2) is 5.13 Å². The molecule has 1 heterocycles. The minimum Gasteiger partial charge on any atom is -0.487 e. The highest BCUT2D eigenvalue weighted by molar-refractivity contribution is 9.10. The number of nitro groups is 1. The van der Waals surface area contributed by atoms with Gasteiger partial charge >= 0.3 is 0 Å². The molecule has 100 valence electrons. The number of hydrogen-bond donors (Lipinski definition) is 2. The fraction of sp³-hybridized carbons (Fsp3) is 0.100. The van der Waals surface area contributed by atoms with Crippen molar-refractivity contribution in [3.63, 3.8) is 0 Å². The molecule has 0 aliphatic rings. The molecule has 0 radical (unpaired) electrons. The molecule has 0 spiro atoms. The predicted octanol–water partition coefficient (Wildman–Crippen LogP) is 2.68. The number of aromatic nitrogens is 1. The summed E-state index contributed by atoms with van der Waals surface area (Å²) >= 11 is 4.63. The third-order valence-corrected chi connectivity index (χ3v) is 3.73. The van der Waals surface area contributed by atoms with E-state index in [0.29, 0.717) is 15.4 Å². The summed E-state index contributed by atoms with van der Waals surface area (Å²) in [5.74, 6) is 5.63. The SMILES string of the molecule is NNc1ncc(COc2cc([N+](=O)[O-])ccc2Br)s1. The predicted molar refractivity (Wildman–Crippen MR) is 75.1 cm³/mol. The molecule has 0 amide bonds. The van der Waals surface area contributed by atoms with Crippen LogP contribution in [0.2, 0.25) is 0 Å². The van der Waals surface area contributed by atoms with Gasteiger partial charge in [-0.3, -0.25) is 15.5 Å². The van der Waals surface area contributed by atoms with Crippen LogP contribution in [0.5, 0.6) is 5.75 Å². The van der Waals surface area contributed by atoms with E-state index >= 15 is 0 Å². The fourth-order valence-corrected chi connectivity index (χ4v) is 2.30. The van der Waals surface area contributed by atoms with Crippen molar-refractivity contribution >= 4 is 38.1 Å². The maximum absolute atomic E-state index is 10.7. The first-order valence-corrected chi connectivity index (χ1v) is 6.69. The average Bonchev–Trinajstić information content (AvgIpc) is 2.85. The third kappa shape index (κ3) is 3.40. The van der Waals surface area contributed by atoms with Crippen molar-refractivity contribution in [2.45, 2.75) is 6.61 Å². The van der Waals surface area contributed by atoms with Crippen LogP contribution in [0.3, 0.4) is 0 Å². The molecule has 3 N–H and O–H groups in total. The number of anilines is 1. The van der Waals surface area contributed by atoms with Crippen molar-refractivity contribution in [2.24, 2.45) is 5.84 Å². The fourth-order valence-electron chi connectivity index (χ4n) is 1.31. The lowest BCUT2D eigenvalue weighted by Gasteiger charge is -2.06. The van der Waals surface area contributed by atoms with Crippen LogP contribution in [0.15, 0.2) is 28.9 Å². The van der Waals surface area contributed by atoms with Gasteiger partial charge in [0.2, 0.25) is 0 Å². The quantitative estimate of drug-likeness (QED) is 0.491. The molecule has 0 unspecified atom stereocenters. The summed E-state index contributed by atoms with van der Waals surface area (Å²) in [7, 11) is 0. The summed E-state index contributed by atoms with van der Waals surface area (Å²) in [6.45, 7) is 0.263. The smallest absolute Gasteiger partial charge is 0.273 e. The summed E-state index contributed by atoms with van der Waals surface area (Å²) in [5.41, 5.74) is 2.41. The Morgan fingerprint density at radius 2 is 2.37 bits per heavy atom. The van der Waals surface area contributed by atoms with E-state index < -0.39 is 4.92 Å². The van der Waals surface area contributed by atoms with Crippen molar-refractivity contribution in [1.29, 1.82) is 0 Å². The Kier molecular flexibility index (Phi) is 4.30. The highest BCUT2D eigenvalue weighted by Crippen LogP contribution is 2.30. The van der Waals surface area contributed by atoms with E-state index in [1.165, 1.54) is 23.5 Å². The second kappa shape index (κ2) is 5.95. The van der Waals surface area contributed by atoms with Gasteiger partial charge in [-0.2, -0.15) is 0 Å². The topological polar surface area (TPSA) is 103 Å². The van der Waals surface area contributed by atoms with E-state index in [1.54, 1.807) is 12.3 Å². The second-order valence-corrected chi connectivity index (χ2v) is 5.41. The molecule has 0 saturated heterocycles. The highest BCUT2D eigenvalue weighted by atomic mass is 79.9. The van der Waals surface area contributed by atoms with Crippen LogP contribution in [0, 0.1) is 10.1 Å². The number of nitro benzene ring substituents is 1. The summed E-state index contributed by atoms with van der Waals surface area (Å²) in [5, 5.41) is 11.3. The third-order valence-electron chi connectivity index (χ3n) is 2.17. The van der Waals surface area contributed by atoms with Gasteiger partial charge in [0.25, 0.3) is 5.69 Å². The molecular formula is C10H9BrN4O3S. The van der Waals surface area contributed by atoms with E-state index in [2.05, 4.69) is 26.3 Å². The molecule has 0 fully saturated rings. The Morgan fingerprint density at radius 1 is 1.58 bits per heavy atom. The van der Waals surface area contributed by atoms with Crippen LogP contribution >= 0.6 is 27.3 Å². The zero-order chi connectivity index (χ0) is 13.8. The van der Waals surface area contributed by atoms with Crippen molar-refractivity contribution in [1.82, 2.24) is 4.98 Å². The molecule has 0 bridgehead atoms. The molecule has 2 rings (SSSR count). The summed E-state index contributed by atoms with van der Waals surface area (Å²) < 4.78 is 6.17. The van der Waals surface area contributed by atoms with E-state index in [1.807, 2.05) is 0 Å². The Labute approximate surface area is 120 Å². The van der Waals surface area contributed by atoms with Crippen LogP contribution < -0.4 is 16.0 Å². The van der Waals surface area contributed by atoms with Gasteiger partial charge in [-0.1, -0.05) is 11.3 Å². The van der Waals surface area contributed by atoms with Crippen LogP contribution in [-0.4, -0.2) is 9.91 Å². The number of nitrogens with two attached hydrogens (primary N) is 1. The van der Waals surface area contributed by atoms with Gasteiger partial charge < -0.3 is 4.74 Å². The molecule has 0 aliphatic carbocycles. The first-order chi connectivity index (χ1) is 9.10. The number of ether oxygens (including phenoxy) is 1. The van der Waals surface area contributed by atoms with Gasteiger partial charge in [-0.05, 0) is 22.0 Å². The summed E-state index contributed by atoms with van der Waals surface area (Å²) in [4.78, 5) is 15.1. The number of halogens is 1. The lowest BCUT2D eigenvalue weighted by molar-refractivity contribution is -0.385. The van der Waals surface area contributed by atoms with Crippen LogP contribution in [-0.2, 0) is 6.61 Å². The molecule has 7 nitrogen and oxygen atoms in total. The highest BCUT2D eigenvalue weighted by Gasteiger charge is 2.11. The Balaban J connectivity index is 2.10. The molecule has 19 heavy (non-hydrogen) atoms. The zero-order valence-corrected chi connectivity index (χ0v) is 11.9. The number of thiazole rings is 1. The van der Waals surface area contributed by atoms with Crippen LogP contribution in [0.4, 0.5) is 10.8 Å². The normalized spacial score (nSPS) is 10.2. The lowest BCUT2D eigenvalue weighted by Crippen LogP contribution is -2.05. The number of nitrogens with zero attached hydrogens (tertiary/aromatic N) is 2. The van der Waals surface area contributed by atoms with Gasteiger partial charge in [-0.25, -0.2) is 10.8 Å².